The zero-order valence-electron chi connectivity index (χ0n) is 16.3. The van der Waals surface area contributed by atoms with Gasteiger partial charge in [-0.15, -0.1) is 0 Å². The molecule has 0 spiro atoms. The summed E-state index contributed by atoms with van der Waals surface area (Å²) in [5, 5.41) is 1.30. The molecule has 4 aromatic rings. The van der Waals surface area contributed by atoms with Crippen LogP contribution in [0.25, 0.3) is 22.1 Å². The number of aryl methyl sites for hydroxylation is 1. The summed E-state index contributed by atoms with van der Waals surface area (Å²) in [4.78, 5) is 24.0. The molecule has 4 N–H and O–H groups in total. The molecule has 1 aromatic heterocycles. The van der Waals surface area contributed by atoms with Crippen molar-refractivity contribution in [1.29, 1.82) is 0 Å². The highest BCUT2D eigenvalue weighted by Crippen LogP contribution is 2.34. The predicted octanol–water partition coefficient (Wildman–Crippen LogP) is 5.64. The first-order chi connectivity index (χ1) is 14.8. The first-order valence-electron chi connectivity index (χ1n) is 9.53. The summed E-state index contributed by atoms with van der Waals surface area (Å²) in [6.07, 6.45) is 0.857. The number of hydrogen-bond acceptors (Lipinski definition) is 4. The number of furan rings is 1. The Morgan fingerprint density at radius 1 is 0.935 bits per heavy atom. The number of nitrogen functional groups attached to an aromatic ring is 1. The van der Waals surface area contributed by atoms with E-state index in [1.165, 1.54) is 6.07 Å². The highest BCUT2D eigenvalue weighted by atomic mass is 35.5. The van der Waals surface area contributed by atoms with Crippen molar-refractivity contribution in [2.24, 2.45) is 5.73 Å². The highest BCUT2D eigenvalue weighted by molar-refractivity contribution is 6.37. The van der Waals surface area contributed by atoms with Crippen LogP contribution in [0.5, 0.6) is 0 Å². The number of ketones is 1. The molecule has 3 aromatic carbocycles. The zero-order chi connectivity index (χ0) is 22.1. The summed E-state index contributed by atoms with van der Waals surface area (Å²) in [7, 11) is 0. The molecule has 156 valence electrons. The third-order valence-electron chi connectivity index (χ3n) is 5.03. The molecular formula is C24H18Cl2N2O3. The van der Waals surface area contributed by atoms with E-state index in [1.807, 2.05) is 42.5 Å². The molecule has 0 aliphatic rings. The standard InChI is InChI=1S/C24H18Cl2N2O3/c25-16-6-8-17(19(26)12-16)23(30)24-22(28)18-7-5-15(11-20(18)31-24)14-3-1-2-13(10-14)4-9-21(27)29/h1-3,5-8,10-12H,4,9,28H2,(H2,27,29). The summed E-state index contributed by atoms with van der Waals surface area (Å²) in [6, 6.07) is 18.0. The van der Waals surface area contributed by atoms with Crippen molar-refractivity contribution in [3.8, 4) is 11.1 Å². The van der Waals surface area contributed by atoms with Crippen LogP contribution in [0.1, 0.15) is 28.1 Å². The van der Waals surface area contributed by atoms with Crippen molar-refractivity contribution in [3.05, 3.63) is 87.6 Å². The number of halogens is 2. The van der Waals surface area contributed by atoms with E-state index in [0.717, 1.165) is 16.7 Å². The molecular weight excluding hydrogens is 435 g/mol. The molecule has 0 atom stereocenters. The van der Waals surface area contributed by atoms with Crippen LogP contribution in [-0.2, 0) is 11.2 Å². The largest absolute Gasteiger partial charge is 0.450 e. The third kappa shape index (κ3) is 4.29. The molecule has 0 unspecified atom stereocenters. The second-order valence-electron chi connectivity index (χ2n) is 7.18. The lowest BCUT2D eigenvalue weighted by atomic mass is 10.00. The maximum atomic E-state index is 13.0. The van der Waals surface area contributed by atoms with Gasteiger partial charge in [0, 0.05) is 22.4 Å². The number of carbonyl (C=O) groups is 2. The molecule has 5 nitrogen and oxygen atoms in total. The first kappa shape index (κ1) is 21.0. The SMILES string of the molecule is NC(=O)CCc1cccc(-c2ccc3c(N)c(C(=O)c4ccc(Cl)cc4Cl)oc3c2)c1. The average Bonchev–Trinajstić information content (AvgIpc) is 3.08. The monoisotopic (exact) mass is 452 g/mol. The van der Waals surface area contributed by atoms with Crippen LogP contribution in [-0.4, -0.2) is 11.7 Å². The van der Waals surface area contributed by atoms with Crippen molar-refractivity contribution < 1.29 is 14.0 Å². The molecule has 0 aliphatic heterocycles. The van der Waals surface area contributed by atoms with Crippen LogP contribution >= 0.6 is 23.2 Å². The summed E-state index contributed by atoms with van der Waals surface area (Å²) in [6.45, 7) is 0. The van der Waals surface area contributed by atoms with Gasteiger partial charge in [-0.05, 0) is 53.4 Å². The van der Waals surface area contributed by atoms with Crippen molar-refractivity contribution in [2.75, 3.05) is 5.73 Å². The molecule has 0 aliphatic carbocycles. The quantitative estimate of drug-likeness (QED) is 0.369. The van der Waals surface area contributed by atoms with E-state index in [4.69, 9.17) is 39.1 Å². The van der Waals surface area contributed by atoms with Crippen molar-refractivity contribution in [1.82, 2.24) is 0 Å². The number of carbonyl (C=O) groups excluding carboxylic acids is 2. The van der Waals surface area contributed by atoms with Gasteiger partial charge in [-0.3, -0.25) is 9.59 Å². The van der Waals surface area contributed by atoms with Crippen LogP contribution in [0.2, 0.25) is 10.0 Å². The normalized spacial score (nSPS) is 11.0. The summed E-state index contributed by atoms with van der Waals surface area (Å²) in [5.41, 5.74) is 15.3. The van der Waals surface area contributed by atoms with Gasteiger partial charge in [-0.25, -0.2) is 0 Å². The van der Waals surface area contributed by atoms with Crippen LogP contribution in [0.4, 0.5) is 5.69 Å². The Morgan fingerprint density at radius 3 is 2.45 bits per heavy atom. The number of nitrogens with two attached hydrogens (primary N) is 2. The number of benzene rings is 3. The molecule has 1 heterocycles. The Labute approximate surface area is 188 Å². The smallest absolute Gasteiger partial charge is 0.231 e. The lowest BCUT2D eigenvalue weighted by molar-refractivity contribution is -0.117. The first-order valence-corrected chi connectivity index (χ1v) is 10.3. The number of rotatable bonds is 6. The van der Waals surface area contributed by atoms with Gasteiger partial charge in [0.1, 0.15) is 5.58 Å². The van der Waals surface area contributed by atoms with Gasteiger partial charge < -0.3 is 15.9 Å². The fourth-order valence-corrected chi connectivity index (χ4v) is 3.93. The van der Waals surface area contributed by atoms with Crippen LogP contribution < -0.4 is 11.5 Å². The van der Waals surface area contributed by atoms with Gasteiger partial charge in [-0.2, -0.15) is 0 Å². The van der Waals surface area contributed by atoms with E-state index in [0.29, 0.717) is 22.4 Å². The maximum absolute atomic E-state index is 13.0. The number of anilines is 1. The Bertz CT molecular complexity index is 1330. The Balaban J connectivity index is 1.70. The minimum absolute atomic E-state index is 0.0339. The van der Waals surface area contributed by atoms with Gasteiger partial charge in [-0.1, -0.05) is 53.5 Å². The van der Waals surface area contributed by atoms with Crippen molar-refractivity contribution >= 4 is 51.5 Å². The molecule has 0 radical (unpaired) electrons. The minimum atomic E-state index is -0.412. The number of amides is 1. The Morgan fingerprint density at radius 2 is 1.71 bits per heavy atom. The van der Waals surface area contributed by atoms with E-state index in [9.17, 15) is 9.59 Å². The fraction of sp³-hybridized carbons (Fsp3) is 0.0833. The third-order valence-corrected chi connectivity index (χ3v) is 5.58. The number of fused-ring (bicyclic) bond motifs is 1. The van der Waals surface area contributed by atoms with Crippen LogP contribution in [0.3, 0.4) is 0 Å². The van der Waals surface area contributed by atoms with Gasteiger partial charge in [0.05, 0.1) is 10.7 Å². The van der Waals surface area contributed by atoms with Gasteiger partial charge in [0.2, 0.25) is 11.7 Å². The average molecular weight is 453 g/mol. The van der Waals surface area contributed by atoms with E-state index in [2.05, 4.69) is 0 Å². The predicted molar refractivity (Wildman–Crippen MR) is 123 cm³/mol. The fourth-order valence-electron chi connectivity index (χ4n) is 3.43. The molecule has 0 saturated heterocycles. The highest BCUT2D eigenvalue weighted by Gasteiger charge is 2.22. The van der Waals surface area contributed by atoms with Crippen LogP contribution in [0.15, 0.2) is 65.1 Å². The topological polar surface area (TPSA) is 99.3 Å². The zero-order valence-corrected chi connectivity index (χ0v) is 17.8. The lowest BCUT2D eigenvalue weighted by Crippen LogP contribution is -2.11. The number of hydrogen-bond donors (Lipinski definition) is 2. The molecule has 0 saturated carbocycles. The Hall–Kier alpha value is -3.28. The summed E-state index contributed by atoms with van der Waals surface area (Å²) >= 11 is 12.1. The van der Waals surface area contributed by atoms with Crippen molar-refractivity contribution in [2.45, 2.75) is 12.8 Å². The second kappa shape index (κ2) is 8.46. The van der Waals surface area contributed by atoms with Gasteiger partial charge in [0.25, 0.3) is 0 Å². The van der Waals surface area contributed by atoms with E-state index >= 15 is 0 Å². The van der Waals surface area contributed by atoms with Crippen LogP contribution in [0, 0.1) is 0 Å². The molecule has 4 rings (SSSR count). The van der Waals surface area contributed by atoms with E-state index < -0.39 is 5.78 Å². The molecule has 31 heavy (non-hydrogen) atoms. The van der Waals surface area contributed by atoms with Gasteiger partial charge in [0.15, 0.2) is 5.76 Å². The molecule has 0 fully saturated rings. The molecule has 1 amide bonds. The van der Waals surface area contributed by atoms with Crippen molar-refractivity contribution in [3.63, 3.8) is 0 Å². The van der Waals surface area contributed by atoms with E-state index in [1.54, 1.807) is 12.1 Å². The summed E-state index contributed by atoms with van der Waals surface area (Å²) in [5.74, 6) is -0.715. The molecule has 0 bridgehead atoms. The lowest BCUT2D eigenvalue weighted by Gasteiger charge is -2.05. The summed E-state index contributed by atoms with van der Waals surface area (Å²) < 4.78 is 5.84. The second-order valence-corrected chi connectivity index (χ2v) is 8.02. The Kier molecular flexibility index (Phi) is 5.72. The minimum Gasteiger partial charge on any atom is -0.450 e. The maximum Gasteiger partial charge on any atom is 0.231 e. The molecule has 7 heteroatoms. The van der Waals surface area contributed by atoms with E-state index in [-0.39, 0.29) is 34.4 Å². The van der Waals surface area contributed by atoms with Gasteiger partial charge >= 0.3 is 0 Å². The number of primary amides is 1.